The van der Waals surface area contributed by atoms with Gasteiger partial charge in [-0.3, -0.25) is 4.79 Å². The topological polar surface area (TPSA) is 64.2 Å². The van der Waals surface area contributed by atoms with Crippen molar-refractivity contribution in [1.82, 2.24) is 19.6 Å². The Morgan fingerprint density at radius 3 is 2.85 bits per heavy atom. The van der Waals surface area contributed by atoms with Crippen molar-refractivity contribution in [3.63, 3.8) is 0 Å². The quantitative estimate of drug-likeness (QED) is 0.674. The summed E-state index contributed by atoms with van der Waals surface area (Å²) in [6.45, 7) is 3.22. The number of likely N-dealkylation sites (tertiary alicyclic amines) is 1. The molecule has 140 valence electrons. The average molecular weight is 385 g/mol. The molecule has 0 N–H and O–H groups in total. The molecular weight excluding hydrogens is 364 g/mol. The van der Waals surface area contributed by atoms with E-state index in [9.17, 15) is 4.79 Å². The van der Waals surface area contributed by atoms with Crippen LogP contribution in [0.4, 0.5) is 0 Å². The molecule has 0 spiro atoms. The van der Waals surface area contributed by atoms with Crippen LogP contribution in [0, 0.1) is 0 Å². The molecule has 2 aromatic heterocycles. The zero-order valence-corrected chi connectivity index (χ0v) is 15.9. The third-order valence-electron chi connectivity index (χ3n) is 5.01. The minimum absolute atomic E-state index is 0.122. The van der Waals surface area contributed by atoms with Gasteiger partial charge in [0, 0.05) is 29.4 Å². The standard InChI is InChI=1S/C20H21ClN4O2/c1-14-5-2-3-12-25(14)18(26)13-24-11-4-6-17(24)20-22-19(23-27-20)15-7-9-16(21)10-8-15/h4,6-11,14H,2-3,5,12-13H2,1H3. The van der Waals surface area contributed by atoms with E-state index in [2.05, 4.69) is 17.1 Å². The summed E-state index contributed by atoms with van der Waals surface area (Å²) >= 11 is 5.93. The van der Waals surface area contributed by atoms with Gasteiger partial charge in [-0.05, 0) is 62.6 Å². The van der Waals surface area contributed by atoms with Crippen LogP contribution in [-0.4, -0.2) is 38.1 Å². The van der Waals surface area contributed by atoms with E-state index in [0.29, 0.717) is 22.8 Å². The molecule has 1 atom stereocenters. The molecule has 1 aromatic carbocycles. The van der Waals surface area contributed by atoms with E-state index in [1.54, 1.807) is 12.1 Å². The summed E-state index contributed by atoms with van der Waals surface area (Å²) in [7, 11) is 0. The molecule has 6 nitrogen and oxygen atoms in total. The van der Waals surface area contributed by atoms with E-state index in [4.69, 9.17) is 16.1 Å². The Balaban J connectivity index is 1.54. The van der Waals surface area contributed by atoms with E-state index in [1.807, 2.05) is 39.9 Å². The summed E-state index contributed by atoms with van der Waals surface area (Å²) < 4.78 is 7.31. The van der Waals surface area contributed by atoms with Gasteiger partial charge in [-0.1, -0.05) is 16.8 Å². The molecular formula is C20H21ClN4O2. The maximum Gasteiger partial charge on any atom is 0.274 e. The Hall–Kier alpha value is -2.60. The minimum Gasteiger partial charge on any atom is -0.338 e. The summed E-state index contributed by atoms with van der Waals surface area (Å²) in [6, 6.07) is 11.3. The fraction of sp³-hybridized carbons (Fsp3) is 0.350. The van der Waals surface area contributed by atoms with Crippen molar-refractivity contribution in [2.45, 2.75) is 38.8 Å². The highest BCUT2D eigenvalue weighted by atomic mass is 35.5. The summed E-state index contributed by atoms with van der Waals surface area (Å²) in [5.74, 6) is 1.01. The lowest BCUT2D eigenvalue weighted by Gasteiger charge is -2.33. The third kappa shape index (κ3) is 3.76. The first-order chi connectivity index (χ1) is 13.1. The summed E-state index contributed by atoms with van der Waals surface area (Å²) in [4.78, 5) is 19.2. The molecule has 1 unspecified atom stereocenters. The highest BCUT2D eigenvalue weighted by molar-refractivity contribution is 6.30. The first kappa shape index (κ1) is 17.8. The molecule has 0 saturated carbocycles. The monoisotopic (exact) mass is 384 g/mol. The highest BCUT2D eigenvalue weighted by Crippen LogP contribution is 2.24. The lowest BCUT2D eigenvalue weighted by Crippen LogP contribution is -2.43. The molecule has 4 rings (SSSR count). The van der Waals surface area contributed by atoms with Gasteiger partial charge in [0.05, 0.1) is 0 Å². The Bertz CT molecular complexity index is 932. The van der Waals surface area contributed by atoms with Crippen LogP contribution in [0.1, 0.15) is 26.2 Å². The third-order valence-corrected chi connectivity index (χ3v) is 5.26. The van der Waals surface area contributed by atoms with Crippen LogP contribution in [0.15, 0.2) is 47.1 Å². The number of carbonyl (C=O) groups is 1. The maximum atomic E-state index is 12.7. The summed E-state index contributed by atoms with van der Waals surface area (Å²) in [6.07, 6.45) is 5.20. The zero-order chi connectivity index (χ0) is 18.8. The zero-order valence-electron chi connectivity index (χ0n) is 15.1. The van der Waals surface area contributed by atoms with E-state index in [-0.39, 0.29) is 12.5 Å². The molecule has 1 saturated heterocycles. The van der Waals surface area contributed by atoms with Crippen molar-refractivity contribution in [1.29, 1.82) is 0 Å². The van der Waals surface area contributed by atoms with Crippen LogP contribution in [0.5, 0.6) is 0 Å². The molecule has 1 amide bonds. The SMILES string of the molecule is CC1CCCCN1C(=O)Cn1cccc1-c1nc(-c2ccc(Cl)cc2)no1. The number of carbonyl (C=O) groups excluding carboxylic acids is 1. The van der Waals surface area contributed by atoms with E-state index in [1.165, 1.54) is 6.42 Å². The number of nitrogens with zero attached hydrogens (tertiary/aromatic N) is 4. The predicted octanol–water partition coefficient (Wildman–Crippen LogP) is 4.26. The Morgan fingerprint density at radius 1 is 1.26 bits per heavy atom. The number of aromatic nitrogens is 3. The van der Waals surface area contributed by atoms with Crippen molar-refractivity contribution < 1.29 is 9.32 Å². The van der Waals surface area contributed by atoms with Gasteiger partial charge in [0.25, 0.3) is 5.89 Å². The van der Waals surface area contributed by atoms with Crippen molar-refractivity contribution in [2.75, 3.05) is 6.54 Å². The second-order valence-corrected chi connectivity index (χ2v) is 7.32. The number of piperidine rings is 1. The molecule has 3 aromatic rings. The van der Waals surface area contributed by atoms with E-state index >= 15 is 0 Å². The van der Waals surface area contributed by atoms with Gasteiger partial charge in [-0.15, -0.1) is 0 Å². The second-order valence-electron chi connectivity index (χ2n) is 6.88. The molecule has 1 aliphatic rings. The van der Waals surface area contributed by atoms with Crippen LogP contribution in [-0.2, 0) is 11.3 Å². The number of hydrogen-bond donors (Lipinski definition) is 0. The van der Waals surface area contributed by atoms with Gasteiger partial charge < -0.3 is 14.0 Å². The Labute approximate surface area is 162 Å². The molecule has 27 heavy (non-hydrogen) atoms. The fourth-order valence-electron chi connectivity index (χ4n) is 3.50. The Morgan fingerprint density at radius 2 is 2.07 bits per heavy atom. The predicted molar refractivity (Wildman–Crippen MR) is 103 cm³/mol. The highest BCUT2D eigenvalue weighted by Gasteiger charge is 2.24. The molecule has 0 bridgehead atoms. The lowest BCUT2D eigenvalue weighted by molar-refractivity contribution is -0.135. The first-order valence-corrected chi connectivity index (χ1v) is 9.54. The fourth-order valence-corrected chi connectivity index (χ4v) is 3.62. The van der Waals surface area contributed by atoms with Crippen molar-refractivity contribution in [2.24, 2.45) is 0 Å². The number of amides is 1. The maximum absolute atomic E-state index is 12.7. The van der Waals surface area contributed by atoms with E-state index < -0.39 is 0 Å². The molecule has 1 fully saturated rings. The average Bonchev–Trinajstić information content (AvgIpc) is 3.32. The van der Waals surface area contributed by atoms with Crippen molar-refractivity contribution >= 4 is 17.5 Å². The van der Waals surface area contributed by atoms with Gasteiger partial charge in [0.15, 0.2) is 0 Å². The van der Waals surface area contributed by atoms with Crippen molar-refractivity contribution in [3.05, 3.63) is 47.6 Å². The van der Waals surface area contributed by atoms with Gasteiger partial charge in [-0.2, -0.15) is 4.98 Å². The van der Waals surface area contributed by atoms with Crippen LogP contribution >= 0.6 is 11.6 Å². The minimum atomic E-state index is 0.122. The van der Waals surface area contributed by atoms with Crippen LogP contribution in [0.3, 0.4) is 0 Å². The largest absolute Gasteiger partial charge is 0.338 e. The number of hydrogen-bond acceptors (Lipinski definition) is 4. The first-order valence-electron chi connectivity index (χ1n) is 9.16. The lowest BCUT2D eigenvalue weighted by atomic mass is 10.0. The smallest absolute Gasteiger partial charge is 0.274 e. The molecule has 0 radical (unpaired) electrons. The van der Waals surface area contributed by atoms with Crippen LogP contribution < -0.4 is 0 Å². The molecule has 3 heterocycles. The normalized spacial score (nSPS) is 17.3. The number of benzene rings is 1. The Kier molecular flexibility index (Phi) is 4.99. The van der Waals surface area contributed by atoms with Crippen molar-refractivity contribution in [3.8, 4) is 23.0 Å². The molecule has 0 aliphatic carbocycles. The van der Waals surface area contributed by atoms with E-state index in [0.717, 1.165) is 30.6 Å². The number of halogens is 1. The van der Waals surface area contributed by atoms with Gasteiger partial charge in [0.1, 0.15) is 12.2 Å². The summed E-state index contributed by atoms with van der Waals surface area (Å²) in [5, 5.41) is 4.71. The molecule has 1 aliphatic heterocycles. The summed E-state index contributed by atoms with van der Waals surface area (Å²) in [5.41, 5.74) is 1.56. The van der Waals surface area contributed by atoms with Gasteiger partial charge >= 0.3 is 0 Å². The van der Waals surface area contributed by atoms with Gasteiger partial charge in [0.2, 0.25) is 11.7 Å². The molecule has 7 heteroatoms. The van der Waals surface area contributed by atoms with Gasteiger partial charge in [-0.25, -0.2) is 0 Å². The van der Waals surface area contributed by atoms with Crippen LogP contribution in [0.2, 0.25) is 5.02 Å². The second kappa shape index (κ2) is 7.56. The van der Waals surface area contributed by atoms with Crippen LogP contribution in [0.25, 0.3) is 23.0 Å². The number of rotatable bonds is 4.